The van der Waals surface area contributed by atoms with Crippen LogP contribution in [0.25, 0.3) is 0 Å². The number of rotatable bonds is 3. The average Bonchev–Trinajstić information content (AvgIpc) is 2.86. The molecule has 1 aromatic rings. The number of amides is 1. The summed E-state index contributed by atoms with van der Waals surface area (Å²) < 4.78 is 1.54. The van der Waals surface area contributed by atoms with E-state index in [2.05, 4.69) is 10.3 Å². The molecule has 0 aliphatic carbocycles. The first-order valence-corrected chi connectivity index (χ1v) is 5.54. The molecule has 1 aromatic heterocycles. The first kappa shape index (κ1) is 11.1. The van der Waals surface area contributed by atoms with Gasteiger partial charge in [-0.3, -0.25) is 4.79 Å². The highest BCUT2D eigenvalue weighted by molar-refractivity contribution is 5.76. The summed E-state index contributed by atoms with van der Waals surface area (Å²) in [7, 11) is 0. The van der Waals surface area contributed by atoms with Gasteiger partial charge in [0.2, 0.25) is 5.91 Å². The van der Waals surface area contributed by atoms with Crippen LogP contribution < -0.4 is 5.73 Å². The maximum Gasteiger partial charge on any atom is 0.244 e. The van der Waals surface area contributed by atoms with Crippen LogP contribution in [0.5, 0.6) is 0 Å². The van der Waals surface area contributed by atoms with Crippen LogP contribution in [0.3, 0.4) is 0 Å². The van der Waals surface area contributed by atoms with Crippen molar-refractivity contribution < 1.29 is 4.79 Å². The van der Waals surface area contributed by atoms with Crippen LogP contribution in [0.1, 0.15) is 13.3 Å². The molecule has 2 heterocycles. The van der Waals surface area contributed by atoms with Gasteiger partial charge in [0.15, 0.2) is 0 Å². The lowest BCUT2D eigenvalue weighted by Gasteiger charge is -2.17. The van der Waals surface area contributed by atoms with Crippen LogP contribution in [0.2, 0.25) is 0 Å². The van der Waals surface area contributed by atoms with Crippen molar-refractivity contribution in [2.45, 2.75) is 25.9 Å². The van der Waals surface area contributed by atoms with Gasteiger partial charge in [0.25, 0.3) is 0 Å². The number of nitrogens with two attached hydrogens (primary N) is 1. The standard InChI is InChI=1S/C10H17N5O/c1-8(11)9-2-4-14(6-9)10(16)7-15-5-3-12-13-15/h3,5,8-9H,2,4,6-7,11H2,1H3. The molecule has 0 aromatic carbocycles. The third kappa shape index (κ3) is 2.38. The Hall–Kier alpha value is -1.43. The van der Waals surface area contributed by atoms with E-state index in [-0.39, 0.29) is 18.5 Å². The summed E-state index contributed by atoms with van der Waals surface area (Å²) in [5.74, 6) is 0.522. The molecule has 1 aliphatic heterocycles. The zero-order valence-corrected chi connectivity index (χ0v) is 9.41. The molecule has 0 spiro atoms. The number of nitrogens with zero attached hydrogens (tertiary/aromatic N) is 4. The first-order valence-electron chi connectivity index (χ1n) is 5.54. The third-order valence-electron chi connectivity index (χ3n) is 3.09. The Labute approximate surface area is 94.4 Å². The maximum absolute atomic E-state index is 11.9. The summed E-state index contributed by atoms with van der Waals surface area (Å²) in [6.07, 6.45) is 4.26. The van der Waals surface area contributed by atoms with Gasteiger partial charge in [-0.15, -0.1) is 5.10 Å². The minimum absolute atomic E-state index is 0.0913. The highest BCUT2D eigenvalue weighted by atomic mass is 16.2. The van der Waals surface area contributed by atoms with Gasteiger partial charge in [0.05, 0.1) is 6.20 Å². The topological polar surface area (TPSA) is 77.0 Å². The SMILES string of the molecule is CC(N)C1CCN(C(=O)Cn2ccnn2)C1. The third-order valence-corrected chi connectivity index (χ3v) is 3.09. The van der Waals surface area contributed by atoms with Crippen LogP contribution in [-0.2, 0) is 11.3 Å². The van der Waals surface area contributed by atoms with Crippen molar-refractivity contribution in [2.24, 2.45) is 11.7 Å². The minimum atomic E-state index is 0.0913. The fourth-order valence-electron chi connectivity index (χ4n) is 2.00. The van der Waals surface area contributed by atoms with E-state index in [0.717, 1.165) is 19.5 Å². The Morgan fingerprint density at radius 3 is 3.06 bits per heavy atom. The summed E-state index contributed by atoms with van der Waals surface area (Å²) in [5.41, 5.74) is 5.83. The number of hydrogen-bond donors (Lipinski definition) is 1. The highest BCUT2D eigenvalue weighted by Gasteiger charge is 2.28. The van der Waals surface area contributed by atoms with E-state index in [4.69, 9.17) is 5.73 Å². The van der Waals surface area contributed by atoms with Gasteiger partial charge in [-0.1, -0.05) is 5.21 Å². The van der Waals surface area contributed by atoms with Crippen molar-refractivity contribution >= 4 is 5.91 Å². The first-order chi connectivity index (χ1) is 7.66. The van der Waals surface area contributed by atoms with Crippen molar-refractivity contribution in [1.82, 2.24) is 19.9 Å². The van der Waals surface area contributed by atoms with Crippen molar-refractivity contribution in [3.8, 4) is 0 Å². The molecule has 6 nitrogen and oxygen atoms in total. The molecule has 6 heteroatoms. The predicted molar refractivity (Wildman–Crippen MR) is 58.4 cm³/mol. The van der Waals surface area contributed by atoms with E-state index >= 15 is 0 Å². The van der Waals surface area contributed by atoms with Gasteiger partial charge in [-0.2, -0.15) is 0 Å². The lowest BCUT2D eigenvalue weighted by Crippen LogP contribution is -2.34. The molecule has 0 saturated carbocycles. The van der Waals surface area contributed by atoms with Crippen LogP contribution in [0.4, 0.5) is 0 Å². The number of aromatic nitrogens is 3. The van der Waals surface area contributed by atoms with E-state index in [0.29, 0.717) is 5.92 Å². The Kier molecular flexibility index (Phi) is 3.19. The summed E-state index contributed by atoms with van der Waals surface area (Å²) in [6.45, 7) is 3.84. The van der Waals surface area contributed by atoms with E-state index in [1.54, 1.807) is 17.1 Å². The molecular formula is C10H17N5O. The number of likely N-dealkylation sites (tertiary alicyclic amines) is 1. The molecule has 0 bridgehead atoms. The molecular weight excluding hydrogens is 206 g/mol. The second-order valence-corrected chi connectivity index (χ2v) is 4.35. The summed E-state index contributed by atoms with van der Waals surface area (Å²) >= 11 is 0. The lowest BCUT2D eigenvalue weighted by molar-refractivity contribution is -0.131. The number of carbonyl (C=O) groups is 1. The zero-order chi connectivity index (χ0) is 11.5. The van der Waals surface area contributed by atoms with Crippen molar-refractivity contribution in [3.63, 3.8) is 0 Å². The van der Waals surface area contributed by atoms with E-state index in [1.807, 2.05) is 11.8 Å². The quantitative estimate of drug-likeness (QED) is 0.747. The monoisotopic (exact) mass is 223 g/mol. The zero-order valence-electron chi connectivity index (χ0n) is 9.41. The minimum Gasteiger partial charge on any atom is -0.341 e. The second kappa shape index (κ2) is 4.61. The predicted octanol–water partition coefficient (Wildman–Crippen LogP) is -0.526. The highest BCUT2D eigenvalue weighted by Crippen LogP contribution is 2.18. The van der Waals surface area contributed by atoms with Crippen molar-refractivity contribution in [3.05, 3.63) is 12.4 Å². The van der Waals surface area contributed by atoms with Crippen LogP contribution >= 0.6 is 0 Å². The van der Waals surface area contributed by atoms with Gasteiger partial charge in [0.1, 0.15) is 6.54 Å². The average molecular weight is 223 g/mol. The molecule has 1 saturated heterocycles. The van der Waals surface area contributed by atoms with Gasteiger partial charge in [-0.25, -0.2) is 4.68 Å². The second-order valence-electron chi connectivity index (χ2n) is 4.35. The molecule has 2 unspecified atom stereocenters. The van der Waals surface area contributed by atoms with E-state index in [1.165, 1.54) is 0 Å². The van der Waals surface area contributed by atoms with Gasteiger partial charge in [-0.05, 0) is 19.3 Å². The molecule has 16 heavy (non-hydrogen) atoms. The van der Waals surface area contributed by atoms with E-state index < -0.39 is 0 Å². The molecule has 1 aliphatic rings. The molecule has 88 valence electrons. The lowest BCUT2D eigenvalue weighted by atomic mass is 10.0. The van der Waals surface area contributed by atoms with Gasteiger partial charge >= 0.3 is 0 Å². The molecule has 2 rings (SSSR count). The molecule has 1 amide bonds. The molecule has 0 radical (unpaired) electrons. The van der Waals surface area contributed by atoms with Crippen LogP contribution in [0, 0.1) is 5.92 Å². The fraction of sp³-hybridized carbons (Fsp3) is 0.700. The molecule has 2 atom stereocenters. The summed E-state index contributed by atoms with van der Waals surface area (Å²) in [5, 5.41) is 7.44. The van der Waals surface area contributed by atoms with Gasteiger partial charge < -0.3 is 10.6 Å². The maximum atomic E-state index is 11.9. The Balaban J connectivity index is 1.87. The van der Waals surface area contributed by atoms with Gasteiger partial charge in [0, 0.05) is 25.3 Å². The van der Waals surface area contributed by atoms with Crippen molar-refractivity contribution in [1.29, 1.82) is 0 Å². The Morgan fingerprint density at radius 1 is 1.69 bits per heavy atom. The molecule has 2 N–H and O–H groups in total. The largest absolute Gasteiger partial charge is 0.341 e. The molecule has 1 fully saturated rings. The van der Waals surface area contributed by atoms with Crippen LogP contribution in [-0.4, -0.2) is 44.9 Å². The van der Waals surface area contributed by atoms with Crippen molar-refractivity contribution in [2.75, 3.05) is 13.1 Å². The number of carbonyl (C=O) groups excluding carboxylic acids is 1. The van der Waals surface area contributed by atoms with Crippen LogP contribution in [0.15, 0.2) is 12.4 Å². The smallest absolute Gasteiger partial charge is 0.244 e. The fourth-order valence-corrected chi connectivity index (χ4v) is 2.00. The number of hydrogen-bond acceptors (Lipinski definition) is 4. The normalized spacial score (nSPS) is 22.4. The summed E-state index contributed by atoms with van der Waals surface area (Å²) in [4.78, 5) is 13.7. The Morgan fingerprint density at radius 2 is 2.50 bits per heavy atom. The summed E-state index contributed by atoms with van der Waals surface area (Å²) in [6, 6.07) is 0.157. The Bertz CT molecular complexity index is 348. The van der Waals surface area contributed by atoms with E-state index in [9.17, 15) is 4.79 Å².